The molecule has 0 bridgehead atoms. The first-order valence-corrected chi connectivity index (χ1v) is 11.2. The predicted molar refractivity (Wildman–Crippen MR) is 128 cm³/mol. The molecule has 31 heavy (non-hydrogen) atoms. The second-order valence-electron chi connectivity index (χ2n) is 6.21. The fraction of sp³-hybridized carbons (Fsp3) is 0.136. The van der Waals surface area contributed by atoms with Gasteiger partial charge in [0.25, 0.3) is 5.91 Å². The number of carbonyl (C=O) groups excluding carboxylic acids is 1. The lowest BCUT2D eigenvalue weighted by Gasteiger charge is -2.14. The minimum absolute atomic E-state index is 0.113. The zero-order valence-electron chi connectivity index (χ0n) is 16.4. The van der Waals surface area contributed by atoms with Crippen LogP contribution in [0.2, 0.25) is 5.15 Å². The molecule has 6 nitrogen and oxygen atoms in total. The number of carbonyl (C=O) groups is 1. The average Bonchev–Trinajstić information content (AvgIpc) is 2.76. The quantitative estimate of drug-likeness (QED) is 0.206. The third-order valence-corrected chi connectivity index (χ3v) is 5.56. The molecular formula is C22H18Br2ClN3O3. The van der Waals surface area contributed by atoms with Crippen molar-refractivity contribution in [2.45, 2.75) is 13.5 Å². The van der Waals surface area contributed by atoms with Crippen molar-refractivity contribution < 1.29 is 14.3 Å². The number of amides is 1. The minimum Gasteiger partial charge on any atom is -0.490 e. The zero-order valence-corrected chi connectivity index (χ0v) is 20.4. The van der Waals surface area contributed by atoms with Crippen molar-refractivity contribution in [3.63, 3.8) is 0 Å². The normalized spacial score (nSPS) is 10.8. The van der Waals surface area contributed by atoms with Crippen LogP contribution in [0.5, 0.6) is 11.5 Å². The highest BCUT2D eigenvalue weighted by Gasteiger charge is 2.12. The van der Waals surface area contributed by atoms with Crippen molar-refractivity contribution in [1.82, 2.24) is 10.4 Å². The molecule has 0 saturated carbocycles. The van der Waals surface area contributed by atoms with Gasteiger partial charge >= 0.3 is 0 Å². The molecule has 1 aromatic heterocycles. The lowest BCUT2D eigenvalue weighted by atomic mass is 10.2. The van der Waals surface area contributed by atoms with Crippen LogP contribution in [0.1, 0.15) is 28.4 Å². The van der Waals surface area contributed by atoms with Crippen LogP contribution in [-0.4, -0.2) is 23.7 Å². The molecule has 160 valence electrons. The van der Waals surface area contributed by atoms with Gasteiger partial charge in [-0.1, -0.05) is 39.7 Å². The molecule has 1 amide bonds. The Kier molecular flexibility index (Phi) is 8.45. The molecule has 3 aromatic rings. The summed E-state index contributed by atoms with van der Waals surface area (Å²) < 4.78 is 13.4. The number of hydrazone groups is 1. The number of aromatic nitrogens is 1. The first-order valence-electron chi connectivity index (χ1n) is 9.25. The molecule has 0 aliphatic rings. The van der Waals surface area contributed by atoms with Crippen molar-refractivity contribution in [1.29, 1.82) is 0 Å². The summed E-state index contributed by atoms with van der Waals surface area (Å²) in [4.78, 5) is 16.1. The van der Waals surface area contributed by atoms with Crippen LogP contribution in [0.4, 0.5) is 0 Å². The number of hydrogen-bond acceptors (Lipinski definition) is 5. The summed E-state index contributed by atoms with van der Waals surface area (Å²) in [6.45, 7) is 2.77. The van der Waals surface area contributed by atoms with E-state index in [1.165, 1.54) is 12.4 Å². The first kappa shape index (κ1) is 23.2. The highest BCUT2D eigenvalue weighted by Crippen LogP contribution is 2.34. The molecule has 0 spiro atoms. The van der Waals surface area contributed by atoms with E-state index < -0.39 is 5.91 Å². The van der Waals surface area contributed by atoms with Gasteiger partial charge in [0, 0.05) is 20.7 Å². The summed E-state index contributed by atoms with van der Waals surface area (Å²) in [6.07, 6.45) is 3.02. The van der Waals surface area contributed by atoms with Gasteiger partial charge in [-0.25, -0.2) is 10.4 Å². The Morgan fingerprint density at radius 3 is 2.61 bits per heavy atom. The summed E-state index contributed by atoms with van der Waals surface area (Å²) in [5, 5.41) is 4.12. The predicted octanol–water partition coefficient (Wildman–Crippen LogP) is 6.00. The fourth-order valence-electron chi connectivity index (χ4n) is 2.55. The van der Waals surface area contributed by atoms with Crippen LogP contribution >= 0.6 is 43.5 Å². The summed E-state index contributed by atoms with van der Waals surface area (Å²) >= 11 is 12.9. The lowest BCUT2D eigenvalue weighted by Crippen LogP contribution is -2.18. The third-order valence-electron chi connectivity index (χ3n) is 4.04. The van der Waals surface area contributed by atoms with Crippen molar-refractivity contribution in [3.8, 4) is 11.5 Å². The van der Waals surface area contributed by atoms with Gasteiger partial charge in [-0.3, -0.25) is 4.79 Å². The van der Waals surface area contributed by atoms with Crippen LogP contribution in [0.3, 0.4) is 0 Å². The highest BCUT2D eigenvalue weighted by molar-refractivity contribution is 9.10. The fourth-order valence-corrected chi connectivity index (χ4v) is 3.44. The molecule has 2 aromatic carbocycles. The number of pyridine rings is 1. The molecule has 0 aliphatic heterocycles. The smallest absolute Gasteiger partial charge is 0.274 e. The Morgan fingerprint density at radius 1 is 1.16 bits per heavy atom. The lowest BCUT2D eigenvalue weighted by molar-refractivity contribution is 0.0955. The maximum absolute atomic E-state index is 12.2. The Labute approximate surface area is 201 Å². The van der Waals surface area contributed by atoms with E-state index in [0.29, 0.717) is 30.3 Å². The monoisotopic (exact) mass is 565 g/mol. The second-order valence-corrected chi connectivity index (χ2v) is 8.34. The Morgan fingerprint density at radius 2 is 1.90 bits per heavy atom. The summed E-state index contributed by atoms with van der Waals surface area (Å²) in [7, 11) is 0. The van der Waals surface area contributed by atoms with Crippen molar-refractivity contribution >= 4 is 55.6 Å². The van der Waals surface area contributed by atoms with Gasteiger partial charge in [0.1, 0.15) is 11.8 Å². The third kappa shape index (κ3) is 6.53. The molecule has 0 unspecified atom stereocenters. The maximum Gasteiger partial charge on any atom is 0.274 e. The first-order chi connectivity index (χ1) is 15.0. The van der Waals surface area contributed by atoms with E-state index in [0.717, 1.165) is 14.5 Å². The van der Waals surface area contributed by atoms with Crippen molar-refractivity contribution in [2.24, 2.45) is 5.10 Å². The summed E-state index contributed by atoms with van der Waals surface area (Å²) in [5.74, 6) is 0.718. The molecular weight excluding hydrogens is 550 g/mol. The molecule has 9 heteroatoms. The number of rotatable bonds is 8. The van der Waals surface area contributed by atoms with Gasteiger partial charge in [0.2, 0.25) is 0 Å². The van der Waals surface area contributed by atoms with E-state index in [1.54, 1.807) is 18.2 Å². The maximum atomic E-state index is 12.2. The van der Waals surface area contributed by atoms with Crippen LogP contribution in [0.15, 0.2) is 68.8 Å². The highest BCUT2D eigenvalue weighted by atomic mass is 79.9. The zero-order chi connectivity index (χ0) is 22.2. The van der Waals surface area contributed by atoms with Gasteiger partial charge in [-0.15, -0.1) is 0 Å². The largest absolute Gasteiger partial charge is 0.490 e. The Bertz CT molecular complexity index is 1090. The van der Waals surface area contributed by atoms with Gasteiger partial charge < -0.3 is 9.47 Å². The number of nitrogens with zero attached hydrogens (tertiary/aromatic N) is 2. The van der Waals surface area contributed by atoms with E-state index >= 15 is 0 Å². The molecule has 3 rings (SSSR count). The van der Waals surface area contributed by atoms with Crippen LogP contribution in [0, 0.1) is 0 Å². The number of nitrogens with one attached hydrogen (secondary N) is 1. The number of ether oxygens (including phenoxy) is 2. The second kappa shape index (κ2) is 11.3. The average molecular weight is 568 g/mol. The SMILES string of the molecule is CCOc1cc(C=NNC(=O)c2cccnc2Cl)c(Br)cc1OCc1ccc(Br)cc1. The van der Waals surface area contributed by atoms with E-state index in [9.17, 15) is 4.79 Å². The van der Waals surface area contributed by atoms with Gasteiger partial charge in [-0.2, -0.15) is 5.10 Å². The molecule has 0 aliphatic carbocycles. The molecule has 0 radical (unpaired) electrons. The van der Waals surface area contributed by atoms with Crippen molar-refractivity contribution in [2.75, 3.05) is 6.61 Å². The van der Waals surface area contributed by atoms with Gasteiger partial charge in [0.15, 0.2) is 11.5 Å². The van der Waals surface area contributed by atoms with E-state index in [-0.39, 0.29) is 10.7 Å². The Hall–Kier alpha value is -2.42. The molecule has 1 heterocycles. The molecule has 0 atom stereocenters. The number of benzene rings is 2. The van der Waals surface area contributed by atoms with E-state index in [2.05, 4.69) is 47.4 Å². The Balaban J connectivity index is 1.73. The molecule has 0 saturated heterocycles. The van der Waals surface area contributed by atoms with Crippen LogP contribution in [0.25, 0.3) is 0 Å². The van der Waals surface area contributed by atoms with Crippen LogP contribution in [-0.2, 0) is 6.61 Å². The summed E-state index contributed by atoms with van der Waals surface area (Å²) in [6, 6.07) is 14.7. The number of halogens is 3. The van der Waals surface area contributed by atoms with Gasteiger partial charge in [-0.05, 0) is 64.8 Å². The van der Waals surface area contributed by atoms with E-state index in [4.69, 9.17) is 21.1 Å². The van der Waals surface area contributed by atoms with E-state index in [1.807, 2.05) is 37.3 Å². The molecule has 0 fully saturated rings. The number of hydrogen-bond donors (Lipinski definition) is 1. The van der Waals surface area contributed by atoms with Gasteiger partial charge in [0.05, 0.1) is 18.4 Å². The standard InChI is InChI=1S/C22H18Br2ClN3O3/c1-2-30-19-10-15(12-27-28-22(29)17-4-3-9-26-21(17)25)18(24)11-20(19)31-13-14-5-7-16(23)8-6-14/h3-12H,2,13H2,1H3,(H,28,29). The summed E-state index contributed by atoms with van der Waals surface area (Å²) in [5.41, 5.74) is 4.42. The molecule has 1 N–H and O–H groups in total. The van der Waals surface area contributed by atoms with Crippen molar-refractivity contribution in [3.05, 3.63) is 85.5 Å². The van der Waals surface area contributed by atoms with Crippen LogP contribution < -0.4 is 14.9 Å². The minimum atomic E-state index is -0.454. The topological polar surface area (TPSA) is 72.8 Å².